The van der Waals surface area contributed by atoms with Crippen LogP contribution < -0.4 is 0 Å². The van der Waals surface area contributed by atoms with Gasteiger partial charge in [0.15, 0.2) is 0 Å². The minimum Gasteiger partial charge on any atom is -0.100 e. The van der Waals surface area contributed by atoms with Gasteiger partial charge in [-0.05, 0) is 37.0 Å². The van der Waals surface area contributed by atoms with Crippen molar-refractivity contribution < 1.29 is 0 Å². The second-order valence-electron chi connectivity index (χ2n) is 6.17. The van der Waals surface area contributed by atoms with Crippen LogP contribution in [0.25, 0.3) is 0 Å². The summed E-state index contributed by atoms with van der Waals surface area (Å²) in [4.78, 5) is 0. The summed E-state index contributed by atoms with van der Waals surface area (Å²) in [6.07, 6.45) is 1.09. The molecule has 1 atom stereocenters. The highest BCUT2D eigenvalue weighted by Crippen LogP contribution is 2.32. The Kier molecular flexibility index (Phi) is 5.02. The Bertz CT molecular complexity index is 373. The van der Waals surface area contributed by atoms with Crippen LogP contribution in [0.1, 0.15) is 24.8 Å². The van der Waals surface area contributed by atoms with E-state index in [0.29, 0.717) is 5.92 Å². The Morgan fingerprint density at radius 1 is 1.24 bits per heavy atom. The number of hydrogen-bond donors (Lipinski definition) is 0. The third kappa shape index (κ3) is 5.56. The molecule has 0 N–H and O–H groups in total. The predicted octanol–water partition coefficient (Wildman–Crippen LogP) is 5.73. The average Bonchev–Trinajstić information content (AvgIpc) is 2.14. The van der Waals surface area contributed by atoms with E-state index >= 15 is 0 Å². The maximum absolute atomic E-state index is 5.95. The fourth-order valence-corrected chi connectivity index (χ4v) is 4.19. The van der Waals surface area contributed by atoms with Crippen LogP contribution in [-0.4, -0.2) is 8.07 Å². The minimum absolute atomic E-state index is 0.608. The molecule has 0 aliphatic heterocycles. The van der Waals surface area contributed by atoms with E-state index in [2.05, 4.69) is 45.3 Å². The summed E-state index contributed by atoms with van der Waals surface area (Å²) < 4.78 is 0. The van der Waals surface area contributed by atoms with Gasteiger partial charge in [0.05, 0.1) is 0 Å². The molecule has 1 aromatic rings. The van der Waals surface area contributed by atoms with Gasteiger partial charge in [0.1, 0.15) is 0 Å². The molecule has 0 heterocycles. The molecule has 0 saturated heterocycles. The average molecular weight is 267 g/mol. The largest absolute Gasteiger partial charge is 0.100 e. The van der Waals surface area contributed by atoms with Crippen molar-refractivity contribution in [3.8, 4) is 0 Å². The molecule has 1 aromatic carbocycles. The van der Waals surface area contributed by atoms with Crippen LogP contribution in [0.2, 0.25) is 30.7 Å². The van der Waals surface area contributed by atoms with E-state index in [9.17, 15) is 0 Å². The minimum atomic E-state index is -1.06. The molecule has 1 rings (SSSR count). The van der Waals surface area contributed by atoms with Crippen molar-refractivity contribution >= 4 is 19.7 Å². The van der Waals surface area contributed by atoms with Crippen molar-refractivity contribution in [2.45, 2.75) is 44.9 Å². The van der Waals surface area contributed by atoms with Crippen molar-refractivity contribution in [2.24, 2.45) is 0 Å². The van der Waals surface area contributed by atoms with E-state index in [0.717, 1.165) is 11.4 Å². The maximum Gasteiger partial charge on any atom is 0.0448 e. The number of benzene rings is 1. The fraction of sp³-hybridized carbons (Fsp3) is 0.467. The highest BCUT2D eigenvalue weighted by Gasteiger charge is 2.21. The van der Waals surface area contributed by atoms with Crippen LogP contribution in [-0.2, 0) is 0 Å². The van der Waals surface area contributed by atoms with Crippen molar-refractivity contribution in [2.75, 3.05) is 0 Å². The van der Waals surface area contributed by atoms with Crippen LogP contribution in [0.3, 0.4) is 0 Å². The van der Waals surface area contributed by atoms with Crippen LogP contribution in [0.5, 0.6) is 0 Å². The van der Waals surface area contributed by atoms with E-state index in [-0.39, 0.29) is 0 Å². The highest BCUT2D eigenvalue weighted by atomic mass is 35.5. The summed E-state index contributed by atoms with van der Waals surface area (Å²) >= 11 is 5.95. The molecule has 0 radical (unpaired) electrons. The van der Waals surface area contributed by atoms with E-state index < -0.39 is 8.07 Å². The van der Waals surface area contributed by atoms with Gasteiger partial charge < -0.3 is 0 Å². The molecule has 0 nitrogen and oxygen atoms in total. The summed E-state index contributed by atoms with van der Waals surface area (Å²) in [5, 5.41) is 0.816. The van der Waals surface area contributed by atoms with Crippen molar-refractivity contribution in [1.82, 2.24) is 0 Å². The molecular weight excluding hydrogens is 244 g/mol. The molecule has 0 saturated carbocycles. The first kappa shape index (κ1) is 14.5. The van der Waals surface area contributed by atoms with Crippen LogP contribution in [0.15, 0.2) is 36.4 Å². The van der Waals surface area contributed by atoms with Gasteiger partial charge in [0.2, 0.25) is 0 Å². The molecule has 0 spiro atoms. The first-order chi connectivity index (χ1) is 7.78. The van der Waals surface area contributed by atoms with Crippen molar-refractivity contribution in [3.05, 3.63) is 47.0 Å². The van der Waals surface area contributed by atoms with Crippen LogP contribution >= 0.6 is 11.6 Å². The second-order valence-corrected chi connectivity index (χ2v) is 12.1. The summed E-state index contributed by atoms with van der Waals surface area (Å²) in [7, 11) is -1.06. The molecule has 0 aliphatic rings. The van der Waals surface area contributed by atoms with Crippen LogP contribution in [0, 0.1) is 0 Å². The lowest BCUT2D eigenvalue weighted by Crippen LogP contribution is -2.23. The monoisotopic (exact) mass is 266 g/mol. The molecule has 94 valence electrons. The molecule has 0 fully saturated rings. The zero-order chi connectivity index (χ0) is 13.1. The topological polar surface area (TPSA) is 0 Å². The summed E-state index contributed by atoms with van der Waals surface area (Å²) in [6, 6.07) is 9.62. The lowest BCUT2D eigenvalue weighted by atomic mass is 9.95. The standard InChI is InChI=1S/C15H23ClSi/c1-12(2)10-14(11-17(3,4)5)13-6-8-15(16)9-7-13/h6-9,14H,1,10-11H2,2-5H3. The lowest BCUT2D eigenvalue weighted by molar-refractivity contribution is 0.740. The molecule has 2 heteroatoms. The number of rotatable bonds is 5. The van der Waals surface area contributed by atoms with Gasteiger partial charge in [0.25, 0.3) is 0 Å². The molecule has 0 aromatic heterocycles. The normalized spacial score (nSPS) is 13.5. The van der Waals surface area contributed by atoms with E-state index in [1.165, 1.54) is 17.2 Å². The Morgan fingerprint density at radius 2 is 1.76 bits per heavy atom. The van der Waals surface area contributed by atoms with Gasteiger partial charge in [-0.1, -0.05) is 55.0 Å². The van der Waals surface area contributed by atoms with Gasteiger partial charge >= 0.3 is 0 Å². The van der Waals surface area contributed by atoms with Gasteiger partial charge in [-0.2, -0.15) is 0 Å². The first-order valence-corrected chi connectivity index (χ1v) is 10.3. The van der Waals surface area contributed by atoms with Crippen molar-refractivity contribution in [1.29, 1.82) is 0 Å². The molecule has 0 bridgehead atoms. The van der Waals surface area contributed by atoms with E-state index in [1.807, 2.05) is 12.1 Å². The number of hydrogen-bond acceptors (Lipinski definition) is 0. The quantitative estimate of drug-likeness (QED) is 0.472. The Hall–Kier alpha value is -0.533. The summed E-state index contributed by atoms with van der Waals surface area (Å²) in [5.41, 5.74) is 2.67. The maximum atomic E-state index is 5.95. The first-order valence-electron chi connectivity index (χ1n) is 6.18. The fourth-order valence-electron chi connectivity index (χ4n) is 2.20. The Morgan fingerprint density at radius 3 is 2.18 bits per heavy atom. The Labute approximate surface area is 112 Å². The SMILES string of the molecule is C=C(C)CC(C[Si](C)(C)C)c1ccc(Cl)cc1. The lowest BCUT2D eigenvalue weighted by Gasteiger charge is -2.25. The van der Waals surface area contributed by atoms with E-state index in [1.54, 1.807) is 0 Å². The molecule has 17 heavy (non-hydrogen) atoms. The molecule has 0 amide bonds. The molecule has 0 aliphatic carbocycles. The molecular formula is C15H23ClSi. The molecule has 1 unspecified atom stereocenters. The van der Waals surface area contributed by atoms with Gasteiger partial charge in [-0.3, -0.25) is 0 Å². The summed E-state index contributed by atoms with van der Waals surface area (Å²) in [5.74, 6) is 0.608. The van der Waals surface area contributed by atoms with E-state index in [4.69, 9.17) is 11.6 Å². The van der Waals surface area contributed by atoms with Gasteiger partial charge in [-0.15, -0.1) is 6.58 Å². The van der Waals surface area contributed by atoms with Gasteiger partial charge in [0, 0.05) is 13.1 Å². The van der Waals surface area contributed by atoms with Gasteiger partial charge in [-0.25, -0.2) is 0 Å². The number of allylic oxidation sites excluding steroid dienone is 1. The number of halogens is 1. The Balaban J connectivity index is 2.89. The third-order valence-corrected chi connectivity index (χ3v) is 4.76. The zero-order valence-corrected chi connectivity index (χ0v) is 13.1. The van der Waals surface area contributed by atoms with Crippen LogP contribution in [0.4, 0.5) is 0 Å². The second kappa shape index (κ2) is 5.88. The third-order valence-electron chi connectivity index (χ3n) is 2.80. The zero-order valence-electron chi connectivity index (χ0n) is 11.4. The highest BCUT2D eigenvalue weighted by molar-refractivity contribution is 6.76. The smallest absolute Gasteiger partial charge is 0.0448 e. The predicted molar refractivity (Wildman–Crippen MR) is 81.8 cm³/mol. The summed E-state index contributed by atoms with van der Waals surface area (Å²) in [6.45, 7) is 13.5. The van der Waals surface area contributed by atoms with Crippen molar-refractivity contribution in [3.63, 3.8) is 0 Å².